The molecule has 152 valence electrons. The molecule has 3 rings (SSSR count). The molecule has 1 heterocycles. The molecule has 1 N–H and O–H groups in total. The van der Waals surface area contributed by atoms with Crippen molar-refractivity contribution < 1.29 is 8.42 Å². The van der Waals surface area contributed by atoms with Crippen LogP contribution < -0.4 is 5.32 Å². The van der Waals surface area contributed by atoms with Crippen molar-refractivity contribution in [3.8, 4) is 0 Å². The normalized spacial score (nSPS) is 19.6. The number of hydrogen-bond donors (Lipinski definition) is 1. The Balaban J connectivity index is 0.00000261. The van der Waals surface area contributed by atoms with E-state index in [9.17, 15) is 8.42 Å². The fraction of sp³-hybridized carbons (Fsp3) is 0.632. The molecule has 2 fully saturated rings. The van der Waals surface area contributed by atoms with Crippen LogP contribution in [0.15, 0.2) is 34.2 Å². The van der Waals surface area contributed by atoms with Crippen molar-refractivity contribution in [2.45, 2.75) is 43.5 Å². The first-order valence-corrected chi connectivity index (χ1v) is 10.8. The van der Waals surface area contributed by atoms with E-state index in [1.807, 2.05) is 12.1 Å². The lowest BCUT2D eigenvalue weighted by Crippen LogP contribution is -2.41. The van der Waals surface area contributed by atoms with Crippen molar-refractivity contribution in [1.29, 1.82) is 0 Å². The largest absolute Gasteiger partial charge is 0.352 e. The van der Waals surface area contributed by atoms with E-state index in [0.29, 0.717) is 16.9 Å². The van der Waals surface area contributed by atoms with Gasteiger partial charge in [-0.05, 0) is 36.3 Å². The predicted molar refractivity (Wildman–Crippen MR) is 120 cm³/mol. The van der Waals surface area contributed by atoms with Gasteiger partial charge in [-0.3, -0.25) is 4.99 Å². The molecule has 6 nitrogen and oxygen atoms in total. The second kappa shape index (κ2) is 9.09. The third kappa shape index (κ3) is 4.76. The fourth-order valence-corrected chi connectivity index (χ4v) is 5.37. The minimum absolute atomic E-state index is 0. The Labute approximate surface area is 180 Å². The molecule has 1 aliphatic heterocycles. The molecule has 0 atom stereocenters. The van der Waals surface area contributed by atoms with Gasteiger partial charge in [0.2, 0.25) is 10.0 Å². The van der Waals surface area contributed by atoms with Crippen LogP contribution in [0.1, 0.15) is 37.7 Å². The molecule has 2 aliphatic rings. The third-order valence-corrected chi connectivity index (χ3v) is 7.70. The molecule has 1 aromatic carbocycles. The molecule has 1 saturated heterocycles. The van der Waals surface area contributed by atoms with E-state index in [0.717, 1.165) is 24.6 Å². The molecular formula is C19H31IN4O2S. The zero-order valence-corrected chi connectivity index (χ0v) is 19.6. The van der Waals surface area contributed by atoms with Gasteiger partial charge in [0, 0.05) is 40.8 Å². The summed E-state index contributed by atoms with van der Waals surface area (Å²) in [6, 6.07) is 7.16. The van der Waals surface area contributed by atoms with Gasteiger partial charge in [0.05, 0.1) is 4.90 Å². The van der Waals surface area contributed by atoms with E-state index in [4.69, 9.17) is 0 Å². The zero-order chi connectivity index (χ0) is 18.8. The lowest BCUT2D eigenvalue weighted by Gasteiger charge is -2.26. The maximum absolute atomic E-state index is 12.6. The highest BCUT2D eigenvalue weighted by atomic mass is 127. The quantitative estimate of drug-likeness (QED) is 0.388. The first-order valence-electron chi connectivity index (χ1n) is 9.34. The second-order valence-corrected chi connectivity index (χ2v) is 9.79. The van der Waals surface area contributed by atoms with Crippen molar-refractivity contribution in [2.24, 2.45) is 10.4 Å². The summed E-state index contributed by atoms with van der Waals surface area (Å²) >= 11 is 0. The Kier molecular flexibility index (Phi) is 7.54. The lowest BCUT2D eigenvalue weighted by molar-refractivity contribution is 0.309. The molecule has 0 radical (unpaired) electrons. The number of rotatable bonds is 4. The highest BCUT2D eigenvalue weighted by Gasteiger charge is 2.41. The van der Waals surface area contributed by atoms with E-state index < -0.39 is 10.0 Å². The fourth-order valence-electron chi connectivity index (χ4n) is 4.25. The molecule has 27 heavy (non-hydrogen) atoms. The van der Waals surface area contributed by atoms with Crippen LogP contribution in [-0.2, 0) is 16.6 Å². The summed E-state index contributed by atoms with van der Waals surface area (Å²) in [7, 11) is 1.46. The van der Waals surface area contributed by atoms with Gasteiger partial charge in [-0.25, -0.2) is 12.7 Å². The van der Waals surface area contributed by atoms with Crippen molar-refractivity contribution in [3.63, 3.8) is 0 Å². The summed E-state index contributed by atoms with van der Waals surface area (Å²) in [5.41, 5.74) is 1.24. The van der Waals surface area contributed by atoms with Gasteiger partial charge in [-0.15, -0.1) is 24.0 Å². The van der Waals surface area contributed by atoms with Crippen LogP contribution in [0.2, 0.25) is 0 Å². The van der Waals surface area contributed by atoms with E-state index >= 15 is 0 Å². The van der Waals surface area contributed by atoms with Crippen LogP contribution in [0, 0.1) is 5.41 Å². The van der Waals surface area contributed by atoms with E-state index in [1.54, 1.807) is 33.3 Å². The van der Waals surface area contributed by atoms with Gasteiger partial charge in [-0.2, -0.15) is 0 Å². The van der Waals surface area contributed by atoms with Crippen LogP contribution in [0.5, 0.6) is 0 Å². The smallest absolute Gasteiger partial charge is 0.242 e. The minimum Gasteiger partial charge on any atom is -0.352 e. The average Bonchev–Trinajstić information content (AvgIpc) is 3.26. The van der Waals surface area contributed by atoms with Crippen LogP contribution in [0.4, 0.5) is 0 Å². The summed E-state index contributed by atoms with van der Waals surface area (Å²) in [4.78, 5) is 7.11. The molecule has 0 amide bonds. The topological polar surface area (TPSA) is 65.0 Å². The summed E-state index contributed by atoms with van der Waals surface area (Å²) in [6.07, 6.45) is 6.57. The van der Waals surface area contributed by atoms with E-state index in [2.05, 4.69) is 15.2 Å². The van der Waals surface area contributed by atoms with Gasteiger partial charge in [-0.1, -0.05) is 31.0 Å². The maximum atomic E-state index is 12.6. The molecule has 1 saturated carbocycles. The maximum Gasteiger partial charge on any atom is 0.242 e. The molecule has 8 heteroatoms. The molecule has 1 aliphatic carbocycles. The Morgan fingerprint density at radius 3 is 2.52 bits per heavy atom. The molecular weight excluding hydrogens is 475 g/mol. The summed E-state index contributed by atoms with van der Waals surface area (Å²) in [5.74, 6) is 0.867. The number of guanidine groups is 1. The Morgan fingerprint density at radius 2 is 1.89 bits per heavy atom. The average molecular weight is 506 g/mol. The standard InChI is InChI=1S/C19H30N4O2S.HI/c1-20-18(23-13-12-19(15-23)10-6-7-11-19)21-14-16-8-4-5-9-17(16)26(24,25)22(2)3;/h4-5,8-9H,6-7,10-15H2,1-3H3,(H,20,21);1H. The monoisotopic (exact) mass is 506 g/mol. The van der Waals surface area contributed by atoms with Crippen LogP contribution in [-0.4, -0.2) is 57.8 Å². The van der Waals surface area contributed by atoms with Crippen molar-refractivity contribution in [1.82, 2.24) is 14.5 Å². The SMILES string of the molecule is CN=C(NCc1ccccc1S(=O)(=O)N(C)C)N1CCC2(CCCC2)C1.I. The highest BCUT2D eigenvalue weighted by Crippen LogP contribution is 2.45. The number of sulfonamides is 1. The first-order chi connectivity index (χ1) is 12.4. The lowest BCUT2D eigenvalue weighted by atomic mass is 9.86. The number of hydrogen-bond acceptors (Lipinski definition) is 3. The molecule has 0 unspecified atom stereocenters. The molecule has 0 bridgehead atoms. The van der Waals surface area contributed by atoms with Crippen LogP contribution in [0.25, 0.3) is 0 Å². The second-order valence-electron chi connectivity index (χ2n) is 7.67. The van der Waals surface area contributed by atoms with Crippen LogP contribution in [0.3, 0.4) is 0 Å². The first kappa shape index (κ1) is 22.4. The van der Waals surface area contributed by atoms with Crippen molar-refractivity contribution in [2.75, 3.05) is 34.2 Å². The number of likely N-dealkylation sites (tertiary alicyclic amines) is 1. The Morgan fingerprint density at radius 1 is 1.22 bits per heavy atom. The predicted octanol–water partition coefficient (Wildman–Crippen LogP) is 2.90. The summed E-state index contributed by atoms with van der Waals surface area (Å²) in [6.45, 7) is 2.53. The van der Waals surface area contributed by atoms with Gasteiger partial charge < -0.3 is 10.2 Å². The van der Waals surface area contributed by atoms with E-state index in [1.165, 1.54) is 36.4 Å². The van der Waals surface area contributed by atoms with Crippen LogP contribution >= 0.6 is 24.0 Å². The van der Waals surface area contributed by atoms with Gasteiger partial charge in [0.15, 0.2) is 5.96 Å². The molecule has 0 aromatic heterocycles. The number of benzene rings is 1. The number of nitrogens with zero attached hydrogens (tertiary/aromatic N) is 3. The number of halogens is 1. The third-order valence-electron chi connectivity index (χ3n) is 5.78. The zero-order valence-electron chi connectivity index (χ0n) is 16.4. The molecule has 1 spiro atoms. The van der Waals surface area contributed by atoms with Gasteiger partial charge in [0.25, 0.3) is 0 Å². The Bertz CT molecular complexity index is 774. The van der Waals surface area contributed by atoms with Crippen molar-refractivity contribution in [3.05, 3.63) is 29.8 Å². The van der Waals surface area contributed by atoms with Crippen molar-refractivity contribution >= 4 is 40.0 Å². The van der Waals surface area contributed by atoms with E-state index in [-0.39, 0.29) is 24.0 Å². The minimum atomic E-state index is -3.46. The summed E-state index contributed by atoms with van der Waals surface area (Å²) in [5, 5.41) is 3.38. The Hall–Kier alpha value is -0.870. The number of aliphatic imine (C=N–C) groups is 1. The highest BCUT2D eigenvalue weighted by molar-refractivity contribution is 14.0. The van der Waals surface area contributed by atoms with Gasteiger partial charge in [0.1, 0.15) is 0 Å². The molecule has 1 aromatic rings. The van der Waals surface area contributed by atoms with Gasteiger partial charge >= 0.3 is 0 Å². The number of nitrogens with one attached hydrogen (secondary N) is 1. The summed E-state index contributed by atoms with van der Waals surface area (Å²) < 4.78 is 26.4.